The summed E-state index contributed by atoms with van der Waals surface area (Å²) in [5.74, 6) is 0.0731. The number of carbonyl (C=O) groups is 1. The molecule has 0 fully saturated rings. The predicted octanol–water partition coefficient (Wildman–Crippen LogP) is 3.63. The van der Waals surface area contributed by atoms with Gasteiger partial charge in [-0.1, -0.05) is 18.2 Å². The molecular formula is C14H15NOS. The van der Waals surface area contributed by atoms with E-state index in [-0.39, 0.29) is 5.91 Å². The van der Waals surface area contributed by atoms with E-state index in [0.29, 0.717) is 6.42 Å². The van der Waals surface area contributed by atoms with Crippen LogP contribution in [0.15, 0.2) is 41.8 Å². The van der Waals surface area contributed by atoms with Crippen LogP contribution in [-0.4, -0.2) is 5.91 Å². The van der Waals surface area contributed by atoms with Crippen LogP contribution >= 0.6 is 11.3 Å². The molecule has 3 heteroatoms. The van der Waals surface area contributed by atoms with Crippen LogP contribution in [0.5, 0.6) is 0 Å². The number of carbonyl (C=O) groups excluding carboxylic acids is 1. The summed E-state index contributed by atoms with van der Waals surface area (Å²) in [5.41, 5.74) is 2.03. The van der Waals surface area contributed by atoms with Gasteiger partial charge in [0.05, 0.1) is 0 Å². The fourth-order valence-electron chi connectivity index (χ4n) is 1.64. The summed E-state index contributed by atoms with van der Waals surface area (Å²) >= 11 is 1.69. The molecule has 0 aliphatic heterocycles. The van der Waals surface area contributed by atoms with E-state index in [1.165, 1.54) is 4.88 Å². The van der Waals surface area contributed by atoms with Crippen LogP contribution in [0.3, 0.4) is 0 Å². The largest absolute Gasteiger partial charge is 0.326 e. The molecule has 1 aromatic heterocycles. The number of aryl methyl sites for hydroxylation is 2. The van der Waals surface area contributed by atoms with E-state index >= 15 is 0 Å². The fourth-order valence-corrected chi connectivity index (χ4v) is 2.35. The van der Waals surface area contributed by atoms with Gasteiger partial charge in [-0.15, -0.1) is 11.3 Å². The van der Waals surface area contributed by atoms with Crippen LogP contribution in [0, 0.1) is 6.92 Å². The Balaban J connectivity index is 1.85. The minimum absolute atomic E-state index is 0.0731. The first-order valence-electron chi connectivity index (χ1n) is 5.63. The minimum atomic E-state index is 0.0731. The van der Waals surface area contributed by atoms with E-state index in [1.807, 2.05) is 42.6 Å². The maximum atomic E-state index is 11.7. The number of anilines is 1. The minimum Gasteiger partial charge on any atom is -0.326 e. The van der Waals surface area contributed by atoms with Gasteiger partial charge in [-0.3, -0.25) is 4.79 Å². The van der Waals surface area contributed by atoms with Gasteiger partial charge in [-0.25, -0.2) is 0 Å². The quantitative estimate of drug-likeness (QED) is 0.875. The summed E-state index contributed by atoms with van der Waals surface area (Å²) in [6.07, 6.45) is 1.35. The van der Waals surface area contributed by atoms with Gasteiger partial charge in [0.25, 0.3) is 0 Å². The highest BCUT2D eigenvalue weighted by Crippen LogP contribution is 2.13. The van der Waals surface area contributed by atoms with Gasteiger partial charge in [0.15, 0.2) is 0 Å². The summed E-state index contributed by atoms with van der Waals surface area (Å²) in [5, 5.41) is 4.95. The number of nitrogens with one attached hydrogen (secondary N) is 1. The van der Waals surface area contributed by atoms with Crippen LogP contribution in [0.2, 0.25) is 0 Å². The summed E-state index contributed by atoms with van der Waals surface area (Å²) in [6.45, 7) is 2.02. The maximum absolute atomic E-state index is 11.7. The van der Waals surface area contributed by atoms with Gasteiger partial charge in [0, 0.05) is 17.0 Å². The molecule has 1 aromatic carbocycles. The highest BCUT2D eigenvalue weighted by molar-refractivity contribution is 7.09. The van der Waals surface area contributed by atoms with Crippen molar-refractivity contribution in [3.8, 4) is 0 Å². The van der Waals surface area contributed by atoms with Crippen LogP contribution in [0.4, 0.5) is 5.69 Å². The van der Waals surface area contributed by atoms with E-state index < -0.39 is 0 Å². The number of rotatable bonds is 4. The van der Waals surface area contributed by atoms with E-state index in [0.717, 1.165) is 17.7 Å². The Morgan fingerprint density at radius 2 is 2.18 bits per heavy atom. The first kappa shape index (κ1) is 11.9. The molecule has 0 saturated heterocycles. The van der Waals surface area contributed by atoms with Gasteiger partial charge in [0.2, 0.25) is 5.91 Å². The van der Waals surface area contributed by atoms with Crippen LogP contribution in [-0.2, 0) is 11.2 Å². The van der Waals surface area contributed by atoms with Crippen molar-refractivity contribution in [3.63, 3.8) is 0 Å². The number of thiophene rings is 1. The van der Waals surface area contributed by atoms with E-state index in [9.17, 15) is 4.79 Å². The van der Waals surface area contributed by atoms with E-state index in [1.54, 1.807) is 11.3 Å². The Morgan fingerprint density at radius 3 is 2.88 bits per heavy atom. The molecule has 2 rings (SSSR count). The number of amides is 1. The van der Waals surface area contributed by atoms with Gasteiger partial charge < -0.3 is 5.32 Å². The lowest BCUT2D eigenvalue weighted by atomic mass is 10.2. The molecule has 1 N–H and O–H groups in total. The van der Waals surface area contributed by atoms with Crippen molar-refractivity contribution >= 4 is 22.9 Å². The normalized spacial score (nSPS) is 10.2. The third-order valence-electron chi connectivity index (χ3n) is 2.48. The second kappa shape index (κ2) is 5.64. The number of hydrogen-bond acceptors (Lipinski definition) is 2. The number of hydrogen-bond donors (Lipinski definition) is 1. The van der Waals surface area contributed by atoms with Crippen LogP contribution < -0.4 is 5.32 Å². The smallest absolute Gasteiger partial charge is 0.224 e. The van der Waals surface area contributed by atoms with Crippen LogP contribution in [0.25, 0.3) is 0 Å². The second-order valence-electron chi connectivity index (χ2n) is 4.00. The first-order valence-corrected chi connectivity index (χ1v) is 6.51. The Kier molecular flexibility index (Phi) is 3.94. The van der Waals surface area contributed by atoms with Crippen LogP contribution in [0.1, 0.15) is 16.9 Å². The van der Waals surface area contributed by atoms with Gasteiger partial charge in [-0.05, 0) is 42.5 Å². The van der Waals surface area contributed by atoms with Gasteiger partial charge in [-0.2, -0.15) is 0 Å². The Hall–Kier alpha value is -1.61. The van der Waals surface area contributed by atoms with Crippen molar-refractivity contribution in [2.45, 2.75) is 19.8 Å². The zero-order chi connectivity index (χ0) is 12.1. The topological polar surface area (TPSA) is 29.1 Å². The molecule has 0 atom stereocenters. The molecule has 0 aliphatic carbocycles. The zero-order valence-corrected chi connectivity index (χ0v) is 10.6. The Labute approximate surface area is 105 Å². The maximum Gasteiger partial charge on any atom is 0.224 e. The molecule has 2 nitrogen and oxygen atoms in total. The lowest BCUT2D eigenvalue weighted by molar-refractivity contribution is -0.116. The summed E-state index contributed by atoms with van der Waals surface area (Å²) in [7, 11) is 0. The zero-order valence-electron chi connectivity index (χ0n) is 9.77. The van der Waals surface area contributed by atoms with Crippen molar-refractivity contribution in [1.82, 2.24) is 0 Å². The van der Waals surface area contributed by atoms with E-state index in [2.05, 4.69) is 11.4 Å². The first-order chi connectivity index (χ1) is 8.24. The predicted molar refractivity (Wildman–Crippen MR) is 72.4 cm³/mol. The van der Waals surface area contributed by atoms with E-state index in [4.69, 9.17) is 0 Å². The Morgan fingerprint density at radius 1 is 1.29 bits per heavy atom. The molecule has 2 aromatic rings. The third-order valence-corrected chi connectivity index (χ3v) is 3.42. The van der Waals surface area contributed by atoms with Gasteiger partial charge >= 0.3 is 0 Å². The molecule has 0 aliphatic rings. The summed E-state index contributed by atoms with van der Waals surface area (Å²) in [4.78, 5) is 13.0. The SMILES string of the molecule is Cc1cccc(NC(=O)CCc2cccs2)c1. The molecule has 1 amide bonds. The highest BCUT2D eigenvalue weighted by Gasteiger charge is 2.03. The van der Waals surface area contributed by atoms with Crippen molar-refractivity contribution in [2.75, 3.05) is 5.32 Å². The molecule has 0 unspecified atom stereocenters. The van der Waals surface area contributed by atoms with Crippen molar-refractivity contribution in [2.24, 2.45) is 0 Å². The standard InChI is InChI=1S/C14H15NOS/c1-11-4-2-5-12(10-11)15-14(16)8-7-13-6-3-9-17-13/h2-6,9-10H,7-8H2,1H3,(H,15,16). The third kappa shape index (κ3) is 3.71. The lowest BCUT2D eigenvalue weighted by Gasteiger charge is -2.05. The summed E-state index contributed by atoms with van der Waals surface area (Å²) in [6, 6.07) is 11.9. The lowest BCUT2D eigenvalue weighted by Crippen LogP contribution is -2.12. The average molecular weight is 245 g/mol. The monoisotopic (exact) mass is 245 g/mol. The molecule has 0 radical (unpaired) electrons. The average Bonchev–Trinajstić information content (AvgIpc) is 2.79. The molecule has 0 saturated carbocycles. The molecule has 88 valence electrons. The molecule has 0 spiro atoms. The summed E-state index contributed by atoms with van der Waals surface area (Å²) < 4.78 is 0. The molecule has 17 heavy (non-hydrogen) atoms. The molecule has 0 bridgehead atoms. The molecular weight excluding hydrogens is 230 g/mol. The van der Waals surface area contributed by atoms with Gasteiger partial charge in [0.1, 0.15) is 0 Å². The Bertz CT molecular complexity index is 491. The number of benzene rings is 1. The van der Waals surface area contributed by atoms with Crippen molar-refractivity contribution in [1.29, 1.82) is 0 Å². The highest BCUT2D eigenvalue weighted by atomic mass is 32.1. The fraction of sp³-hybridized carbons (Fsp3) is 0.214. The molecule has 1 heterocycles. The second-order valence-corrected chi connectivity index (χ2v) is 5.03. The van der Waals surface area contributed by atoms with Crippen molar-refractivity contribution in [3.05, 3.63) is 52.2 Å². The van der Waals surface area contributed by atoms with Crippen molar-refractivity contribution < 1.29 is 4.79 Å².